The molecule has 1 aromatic heterocycles. The molecule has 0 aromatic carbocycles. The van der Waals surface area contributed by atoms with Crippen LogP contribution < -0.4 is 0 Å². The van der Waals surface area contributed by atoms with E-state index in [0.29, 0.717) is 0 Å². The molecule has 0 saturated carbocycles. The van der Waals surface area contributed by atoms with E-state index in [1.54, 1.807) is 18.3 Å². The van der Waals surface area contributed by atoms with Crippen molar-refractivity contribution in [3.63, 3.8) is 0 Å². The Hall–Kier alpha value is -0.900. The Labute approximate surface area is 130 Å². The summed E-state index contributed by atoms with van der Waals surface area (Å²) in [5.41, 5.74) is 0. The molecule has 4 heteroatoms. The monoisotopic (exact) mass is 310 g/mol. The van der Waals surface area contributed by atoms with Crippen LogP contribution in [0.25, 0.3) is 0 Å². The van der Waals surface area contributed by atoms with Crippen molar-refractivity contribution in [1.29, 1.82) is 0 Å². The molecule has 1 atom stereocenters. The molecular weight excluding hydrogens is 282 g/mol. The van der Waals surface area contributed by atoms with Gasteiger partial charge < -0.3 is 0 Å². The highest BCUT2D eigenvalue weighted by molar-refractivity contribution is 7.92. The van der Waals surface area contributed by atoms with Gasteiger partial charge in [-0.3, -0.25) is 4.98 Å². The van der Waals surface area contributed by atoms with Crippen molar-refractivity contribution in [1.82, 2.24) is 4.98 Å². The topological polar surface area (TPSA) is 47.0 Å². The lowest BCUT2D eigenvalue weighted by atomic mass is 10.1. The second-order valence-electron chi connectivity index (χ2n) is 5.63. The molecule has 1 radical (unpaired) electrons. The third-order valence-corrected chi connectivity index (χ3v) is 6.03. The molecule has 0 aliphatic rings. The fourth-order valence-electron chi connectivity index (χ4n) is 2.51. The largest absolute Gasteiger partial charge is 0.253 e. The summed E-state index contributed by atoms with van der Waals surface area (Å²) in [6.07, 6.45) is 13.5. The summed E-state index contributed by atoms with van der Waals surface area (Å²) in [6.45, 7) is 4.29. The molecule has 0 fully saturated rings. The highest BCUT2D eigenvalue weighted by atomic mass is 32.2. The van der Waals surface area contributed by atoms with Crippen molar-refractivity contribution in [2.75, 3.05) is 0 Å². The zero-order chi connectivity index (χ0) is 15.6. The molecule has 0 saturated heterocycles. The van der Waals surface area contributed by atoms with E-state index in [1.165, 1.54) is 19.3 Å². The third-order valence-electron chi connectivity index (χ3n) is 3.84. The van der Waals surface area contributed by atoms with Crippen LogP contribution in [0.3, 0.4) is 0 Å². The minimum atomic E-state index is -3.28. The van der Waals surface area contributed by atoms with Gasteiger partial charge in [-0.2, -0.15) is 0 Å². The van der Waals surface area contributed by atoms with Gasteiger partial charge in [-0.15, -0.1) is 0 Å². The molecular formula is C17H28NO2S. The van der Waals surface area contributed by atoms with Crippen molar-refractivity contribution in [3.05, 3.63) is 24.5 Å². The number of hydrogen-bond acceptors (Lipinski definition) is 3. The van der Waals surface area contributed by atoms with Gasteiger partial charge >= 0.3 is 0 Å². The second-order valence-corrected chi connectivity index (χ2v) is 7.82. The number of pyridine rings is 1. The maximum absolute atomic E-state index is 12.7. The molecule has 0 aliphatic carbocycles. The molecule has 0 spiro atoms. The van der Waals surface area contributed by atoms with E-state index in [-0.39, 0.29) is 10.1 Å². The molecule has 1 aromatic rings. The van der Waals surface area contributed by atoms with Crippen molar-refractivity contribution >= 4 is 9.84 Å². The Morgan fingerprint density at radius 3 is 2.33 bits per heavy atom. The first-order valence-electron chi connectivity index (χ1n) is 8.19. The molecule has 0 bridgehead atoms. The van der Waals surface area contributed by atoms with Gasteiger partial charge in [-0.25, -0.2) is 8.42 Å². The van der Waals surface area contributed by atoms with Crippen LogP contribution in [-0.2, 0) is 9.84 Å². The van der Waals surface area contributed by atoms with Gasteiger partial charge in [0.25, 0.3) is 0 Å². The van der Waals surface area contributed by atoms with Crippen molar-refractivity contribution in [2.45, 2.75) is 81.8 Å². The van der Waals surface area contributed by atoms with Crippen LogP contribution in [0, 0.1) is 6.20 Å². The number of nitrogens with zero attached hydrogens (tertiary/aromatic N) is 1. The van der Waals surface area contributed by atoms with Crippen molar-refractivity contribution < 1.29 is 8.42 Å². The standard InChI is InChI=1S/C17H28NO2S/c1-3-5-7-8-9-12-16(11-6-4-2)21(19,20)17-13-10-14-18-15-17/h10,13-14,16H,3-9,11-12H2,1-2H3. The Bertz CT molecular complexity index is 471. The van der Waals surface area contributed by atoms with E-state index in [1.807, 2.05) is 0 Å². The maximum atomic E-state index is 12.7. The van der Waals surface area contributed by atoms with Gasteiger partial charge in [0.15, 0.2) is 9.84 Å². The van der Waals surface area contributed by atoms with E-state index in [2.05, 4.69) is 25.0 Å². The highest BCUT2D eigenvalue weighted by Gasteiger charge is 2.26. The molecule has 0 N–H and O–H groups in total. The minimum absolute atomic E-state index is 0.250. The lowest BCUT2D eigenvalue weighted by Crippen LogP contribution is -2.22. The van der Waals surface area contributed by atoms with Crippen LogP contribution in [0.5, 0.6) is 0 Å². The quantitative estimate of drug-likeness (QED) is 0.562. The van der Waals surface area contributed by atoms with Crippen LogP contribution in [0.4, 0.5) is 0 Å². The first kappa shape index (κ1) is 18.1. The Balaban J connectivity index is 2.67. The number of hydrogen-bond donors (Lipinski definition) is 0. The number of unbranched alkanes of at least 4 members (excludes halogenated alkanes) is 5. The average molecular weight is 310 g/mol. The van der Waals surface area contributed by atoms with E-state index in [4.69, 9.17) is 0 Å². The van der Waals surface area contributed by atoms with E-state index >= 15 is 0 Å². The zero-order valence-electron chi connectivity index (χ0n) is 13.3. The van der Waals surface area contributed by atoms with Gasteiger partial charge in [0.05, 0.1) is 10.1 Å². The van der Waals surface area contributed by atoms with Gasteiger partial charge in [0, 0.05) is 6.20 Å². The van der Waals surface area contributed by atoms with Crippen LogP contribution in [0.2, 0.25) is 0 Å². The lowest BCUT2D eigenvalue weighted by molar-refractivity contribution is 0.527. The number of rotatable bonds is 11. The molecule has 1 heterocycles. The SMILES string of the molecule is CCCCCCCC(CCCC)S(=O)(=O)c1[c]nccc1. The first-order valence-corrected chi connectivity index (χ1v) is 9.74. The van der Waals surface area contributed by atoms with Crippen LogP contribution in [0.15, 0.2) is 23.2 Å². The van der Waals surface area contributed by atoms with Crippen LogP contribution in [-0.4, -0.2) is 18.7 Å². The average Bonchev–Trinajstić information content (AvgIpc) is 2.50. The molecule has 3 nitrogen and oxygen atoms in total. The number of sulfone groups is 1. The second kappa shape index (κ2) is 9.93. The van der Waals surface area contributed by atoms with Gasteiger partial charge in [-0.05, 0) is 25.0 Å². The molecule has 0 amide bonds. The smallest absolute Gasteiger partial charge is 0.183 e. The Morgan fingerprint density at radius 2 is 1.71 bits per heavy atom. The fourth-order valence-corrected chi connectivity index (χ4v) is 4.27. The maximum Gasteiger partial charge on any atom is 0.183 e. The summed E-state index contributed by atoms with van der Waals surface area (Å²) in [5.74, 6) is 0. The summed E-state index contributed by atoms with van der Waals surface area (Å²) in [7, 11) is -3.28. The van der Waals surface area contributed by atoms with Gasteiger partial charge in [-0.1, -0.05) is 58.8 Å². The first-order chi connectivity index (χ1) is 10.1. The summed E-state index contributed by atoms with van der Waals surface area (Å²) in [4.78, 5) is 4.08. The summed E-state index contributed by atoms with van der Waals surface area (Å²) in [6, 6.07) is 3.28. The minimum Gasteiger partial charge on any atom is -0.253 e. The molecule has 21 heavy (non-hydrogen) atoms. The fraction of sp³-hybridized carbons (Fsp3) is 0.706. The molecule has 1 rings (SSSR count). The number of aromatic nitrogens is 1. The van der Waals surface area contributed by atoms with Gasteiger partial charge in [0.2, 0.25) is 0 Å². The summed E-state index contributed by atoms with van der Waals surface area (Å²) in [5, 5.41) is -0.278. The highest BCUT2D eigenvalue weighted by Crippen LogP contribution is 2.24. The normalized spacial score (nSPS) is 13.2. The lowest BCUT2D eigenvalue weighted by Gasteiger charge is -2.17. The van der Waals surface area contributed by atoms with E-state index in [9.17, 15) is 8.42 Å². The molecule has 1 unspecified atom stereocenters. The van der Waals surface area contributed by atoms with E-state index < -0.39 is 9.84 Å². The summed E-state index contributed by atoms with van der Waals surface area (Å²) < 4.78 is 25.4. The molecule has 0 aliphatic heterocycles. The van der Waals surface area contributed by atoms with E-state index in [0.717, 1.165) is 38.5 Å². The van der Waals surface area contributed by atoms with Gasteiger partial charge in [0.1, 0.15) is 6.20 Å². The molecule has 119 valence electrons. The van der Waals surface area contributed by atoms with Crippen LogP contribution in [0.1, 0.15) is 71.6 Å². The predicted octanol–water partition coefficient (Wildman–Crippen LogP) is 4.57. The van der Waals surface area contributed by atoms with Crippen molar-refractivity contribution in [2.24, 2.45) is 0 Å². The Morgan fingerprint density at radius 1 is 1.05 bits per heavy atom. The predicted molar refractivity (Wildman–Crippen MR) is 86.9 cm³/mol. The zero-order valence-corrected chi connectivity index (χ0v) is 14.2. The van der Waals surface area contributed by atoms with Crippen LogP contribution >= 0.6 is 0 Å². The Kier molecular flexibility index (Phi) is 8.58. The third kappa shape index (κ3) is 6.16. The van der Waals surface area contributed by atoms with Crippen molar-refractivity contribution in [3.8, 4) is 0 Å². The summed E-state index contributed by atoms with van der Waals surface area (Å²) >= 11 is 0.